The smallest absolute Gasteiger partial charge is 0.254 e. The molecule has 0 radical (unpaired) electrons. The molecule has 2 amide bonds. The van der Waals surface area contributed by atoms with Gasteiger partial charge in [-0.3, -0.25) is 9.59 Å². The Kier molecular flexibility index (Phi) is 4.88. The van der Waals surface area contributed by atoms with Gasteiger partial charge < -0.3 is 9.80 Å². The van der Waals surface area contributed by atoms with Gasteiger partial charge in [-0.15, -0.1) is 0 Å². The van der Waals surface area contributed by atoms with Gasteiger partial charge in [0.2, 0.25) is 5.91 Å². The van der Waals surface area contributed by atoms with E-state index in [-0.39, 0.29) is 17.9 Å². The number of piperidine rings is 1. The summed E-state index contributed by atoms with van der Waals surface area (Å²) in [6, 6.07) is 9.34. The molecule has 6 heteroatoms. The summed E-state index contributed by atoms with van der Waals surface area (Å²) < 4.78 is 0. The number of aromatic nitrogens is 2. The SMILES string of the molecule is CC(=O)N1CCc2nc(C3CCCCN3C(=O)c3ccccc3)ncc2C1. The number of fused-ring (bicyclic) bond motifs is 1. The second-order valence-corrected chi connectivity index (χ2v) is 7.27. The highest BCUT2D eigenvalue weighted by Gasteiger charge is 2.31. The molecule has 0 N–H and O–H groups in total. The minimum Gasteiger partial charge on any atom is -0.338 e. The van der Waals surface area contributed by atoms with E-state index in [1.54, 1.807) is 6.92 Å². The average Bonchev–Trinajstić information content (AvgIpc) is 2.73. The van der Waals surface area contributed by atoms with Crippen LogP contribution in [-0.2, 0) is 17.8 Å². The van der Waals surface area contributed by atoms with Crippen molar-refractivity contribution in [1.29, 1.82) is 0 Å². The Balaban J connectivity index is 1.59. The van der Waals surface area contributed by atoms with Gasteiger partial charge in [0.05, 0.1) is 11.7 Å². The van der Waals surface area contributed by atoms with Crippen LogP contribution in [0.3, 0.4) is 0 Å². The third-order valence-electron chi connectivity index (χ3n) is 5.48. The molecule has 2 aliphatic heterocycles. The largest absolute Gasteiger partial charge is 0.338 e. The molecular formula is C21H24N4O2. The zero-order valence-electron chi connectivity index (χ0n) is 15.6. The van der Waals surface area contributed by atoms with Crippen LogP contribution in [0.2, 0.25) is 0 Å². The maximum atomic E-state index is 13.0. The van der Waals surface area contributed by atoms with Gasteiger partial charge in [0, 0.05) is 50.3 Å². The summed E-state index contributed by atoms with van der Waals surface area (Å²) in [6.45, 7) is 3.59. The van der Waals surface area contributed by atoms with Crippen LogP contribution < -0.4 is 0 Å². The van der Waals surface area contributed by atoms with E-state index in [2.05, 4.69) is 4.98 Å². The first-order valence-electron chi connectivity index (χ1n) is 9.59. The van der Waals surface area contributed by atoms with E-state index < -0.39 is 0 Å². The molecule has 1 fully saturated rings. The summed E-state index contributed by atoms with van der Waals surface area (Å²) in [6.07, 6.45) is 5.54. The highest BCUT2D eigenvalue weighted by molar-refractivity contribution is 5.94. The number of benzene rings is 1. The monoisotopic (exact) mass is 364 g/mol. The maximum absolute atomic E-state index is 13.0. The van der Waals surface area contributed by atoms with E-state index in [4.69, 9.17) is 4.98 Å². The van der Waals surface area contributed by atoms with Gasteiger partial charge in [0.15, 0.2) is 5.82 Å². The van der Waals surface area contributed by atoms with Crippen LogP contribution in [0.5, 0.6) is 0 Å². The summed E-state index contributed by atoms with van der Waals surface area (Å²) in [4.78, 5) is 37.8. The van der Waals surface area contributed by atoms with Crippen molar-refractivity contribution < 1.29 is 9.59 Å². The van der Waals surface area contributed by atoms with Crippen LogP contribution in [0.25, 0.3) is 0 Å². The second kappa shape index (κ2) is 7.47. The fourth-order valence-electron chi connectivity index (χ4n) is 3.95. The molecule has 4 rings (SSSR count). The van der Waals surface area contributed by atoms with E-state index >= 15 is 0 Å². The highest BCUT2D eigenvalue weighted by atomic mass is 16.2. The van der Waals surface area contributed by atoms with Gasteiger partial charge in [-0.05, 0) is 31.4 Å². The predicted molar refractivity (Wildman–Crippen MR) is 101 cm³/mol. The molecule has 0 saturated carbocycles. The molecule has 1 aromatic heterocycles. The van der Waals surface area contributed by atoms with Crippen LogP contribution in [0.1, 0.15) is 59.7 Å². The van der Waals surface area contributed by atoms with Gasteiger partial charge in [-0.1, -0.05) is 18.2 Å². The summed E-state index contributed by atoms with van der Waals surface area (Å²) >= 11 is 0. The maximum Gasteiger partial charge on any atom is 0.254 e. The van der Waals surface area contributed by atoms with Crippen molar-refractivity contribution in [2.24, 2.45) is 0 Å². The number of amides is 2. The zero-order valence-corrected chi connectivity index (χ0v) is 15.6. The van der Waals surface area contributed by atoms with E-state index in [9.17, 15) is 9.59 Å². The second-order valence-electron chi connectivity index (χ2n) is 7.27. The number of carbonyl (C=O) groups is 2. The molecule has 6 nitrogen and oxygen atoms in total. The lowest BCUT2D eigenvalue weighted by Crippen LogP contribution is -2.40. The number of hydrogen-bond acceptors (Lipinski definition) is 4. The average molecular weight is 364 g/mol. The normalized spacial score (nSPS) is 19.5. The molecule has 3 heterocycles. The minimum absolute atomic E-state index is 0.0457. The van der Waals surface area contributed by atoms with Crippen LogP contribution >= 0.6 is 0 Å². The van der Waals surface area contributed by atoms with Crippen LogP contribution in [0, 0.1) is 0 Å². The first-order valence-corrected chi connectivity index (χ1v) is 9.59. The first-order chi connectivity index (χ1) is 13.1. The topological polar surface area (TPSA) is 66.4 Å². The lowest BCUT2D eigenvalue weighted by Gasteiger charge is -2.35. The van der Waals surface area contributed by atoms with E-state index in [0.29, 0.717) is 18.7 Å². The molecule has 1 saturated heterocycles. The number of rotatable bonds is 2. The molecule has 140 valence electrons. The number of carbonyl (C=O) groups excluding carboxylic acids is 2. The molecule has 27 heavy (non-hydrogen) atoms. The van der Waals surface area contributed by atoms with Crippen molar-refractivity contribution in [3.63, 3.8) is 0 Å². The van der Waals surface area contributed by atoms with Crippen molar-refractivity contribution in [2.45, 2.75) is 45.2 Å². The standard InChI is InChI=1S/C21H24N4O2/c1-15(26)24-12-10-18-17(14-24)13-22-20(23-18)19-9-5-6-11-25(19)21(27)16-7-3-2-4-8-16/h2-4,7-8,13,19H,5-6,9-12,14H2,1H3. The van der Waals surface area contributed by atoms with Crippen LogP contribution in [-0.4, -0.2) is 44.7 Å². The Hall–Kier alpha value is -2.76. The zero-order chi connectivity index (χ0) is 18.8. The first kappa shape index (κ1) is 17.6. The molecule has 0 bridgehead atoms. The van der Waals surface area contributed by atoms with Crippen LogP contribution in [0.4, 0.5) is 0 Å². The molecule has 1 atom stereocenters. The predicted octanol–water partition coefficient (Wildman–Crippen LogP) is 2.75. The lowest BCUT2D eigenvalue weighted by atomic mass is 9.99. The summed E-state index contributed by atoms with van der Waals surface area (Å²) in [5, 5.41) is 0. The van der Waals surface area contributed by atoms with Crippen LogP contribution in [0.15, 0.2) is 36.5 Å². The molecule has 2 aromatic rings. The van der Waals surface area contributed by atoms with Crippen molar-refractivity contribution >= 4 is 11.8 Å². The van der Waals surface area contributed by atoms with E-state index in [0.717, 1.165) is 49.3 Å². The van der Waals surface area contributed by atoms with Gasteiger partial charge in [0.1, 0.15) is 0 Å². The Labute approximate surface area is 159 Å². The molecule has 0 spiro atoms. The Bertz CT molecular complexity index is 853. The Morgan fingerprint density at radius 1 is 1.11 bits per heavy atom. The van der Waals surface area contributed by atoms with Crippen molar-refractivity contribution in [3.05, 3.63) is 59.2 Å². The quantitative estimate of drug-likeness (QED) is 0.822. The number of likely N-dealkylation sites (tertiary alicyclic amines) is 1. The van der Waals surface area contributed by atoms with Gasteiger partial charge >= 0.3 is 0 Å². The number of nitrogens with zero attached hydrogens (tertiary/aromatic N) is 4. The molecule has 0 aliphatic carbocycles. The minimum atomic E-state index is -0.0809. The van der Waals surface area contributed by atoms with Crippen molar-refractivity contribution in [2.75, 3.05) is 13.1 Å². The molecule has 1 aromatic carbocycles. The molecular weight excluding hydrogens is 340 g/mol. The third-order valence-corrected chi connectivity index (χ3v) is 5.48. The summed E-state index contributed by atoms with van der Waals surface area (Å²) in [5.74, 6) is 0.857. The van der Waals surface area contributed by atoms with Gasteiger partial charge in [-0.2, -0.15) is 0 Å². The summed E-state index contributed by atoms with van der Waals surface area (Å²) in [7, 11) is 0. The lowest BCUT2D eigenvalue weighted by molar-refractivity contribution is -0.129. The fraction of sp³-hybridized carbons (Fsp3) is 0.429. The van der Waals surface area contributed by atoms with Gasteiger partial charge in [0.25, 0.3) is 5.91 Å². The third kappa shape index (κ3) is 3.56. The van der Waals surface area contributed by atoms with Crippen molar-refractivity contribution in [1.82, 2.24) is 19.8 Å². The van der Waals surface area contributed by atoms with Gasteiger partial charge in [-0.25, -0.2) is 9.97 Å². The Morgan fingerprint density at radius 2 is 1.93 bits per heavy atom. The van der Waals surface area contributed by atoms with Crippen molar-refractivity contribution in [3.8, 4) is 0 Å². The molecule has 1 unspecified atom stereocenters. The Morgan fingerprint density at radius 3 is 2.70 bits per heavy atom. The van der Waals surface area contributed by atoms with E-state index in [1.165, 1.54) is 0 Å². The summed E-state index contributed by atoms with van der Waals surface area (Å²) in [5.41, 5.74) is 2.73. The molecule has 2 aliphatic rings. The number of hydrogen-bond donors (Lipinski definition) is 0. The fourth-order valence-corrected chi connectivity index (χ4v) is 3.95. The highest BCUT2D eigenvalue weighted by Crippen LogP contribution is 2.31. The van der Waals surface area contributed by atoms with E-state index in [1.807, 2.05) is 46.3 Å².